The number of rotatable bonds is 2. The van der Waals surface area contributed by atoms with E-state index in [2.05, 4.69) is 11.2 Å². The fourth-order valence-corrected chi connectivity index (χ4v) is 1.54. The second kappa shape index (κ2) is 5.99. The molecule has 0 aromatic heterocycles. The van der Waals surface area contributed by atoms with Crippen LogP contribution in [0.15, 0.2) is 12.1 Å². The average molecular weight is 271 g/mol. The van der Waals surface area contributed by atoms with Crippen LogP contribution in [0.5, 0.6) is 0 Å². The summed E-state index contributed by atoms with van der Waals surface area (Å²) in [5, 5.41) is 11.3. The van der Waals surface area contributed by atoms with E-state index in [1.807, 2.05) is 6.07 Å². The van der Waals surface area contributed by atoms with Crippen LogP contribution in [0.4, 0.5) is 16.2 Å². The molecule has 104 valence electrons. The molecule has 0 unspecified atom stereocenters. The molecule has 3 N–H and O–H groups in total. The van der Waals surface area contributed by atoms with Crippen molar-refractivity contribution in [2.24, 2.45) is 0 Å². The maximum absolute atomic E-state index is 11.7. The van der Waals surface area contributed by atoms with E-state index in [0.717, 1.165) is 0 Å². The van der Waals surface area contributed by atoms with Crippen molar-refractivity contribution in [3.05, 3.63) is 23.3 Å². The number of carbonyl (C=O) groups is 1. The van der Waals surface area contributed by atoms with Crippen LogP contribution in [0.1, 0.15) is 31.9 Å². The number of terminal acetylenes is 1. The van der Waals surface area contributed by atoms with Gasteiger partial charge in [-0.25, -0.2) is 4.79 Å². The Morgan fingerprint density at radius 3 is 2.65 bits per heavy atom. The van der Waals surface area contributed by atoms with Gasteiger partial charge in [0.2, 0.25) is 0 Å². The van der Waals surface area contributed by atoms with Crippen LogP contribution in [0.25, 0.3) is 0 Å². The topological polar surface area (TPSA) is 88.1 Å². The first kappa shape index (κ1) is 15.4. The number of carbonyl (C=O) groups excluding carboxylic acids is 1. The first-order chi connectivity index (χ1) is 9.26. The van der Waals surface area contributed by atoms with Gasteiger partial charge >= 0.3 is 6.09 Å². The van der Waals surface area contributed by atoms with E-state index in [0.29, 0.717) is 16.8 Å². The highest BCUT2D eigenvalue weighted by molar-refractivity contribution is 5.91. The van der Waals surface area contributed by atoms with Gasteiger partial charge in [0.25, 0.3) is 0 Å². The van der Waals surface area contributed by atoms with Crippen LogP contribution in [0.3, 0.4) is 0 Å². The van der Waals surface area contributed by atoms with Crippen LogP contribution < -0.4 is 11.1 Å². The molecule has 0 fully saturated rings. The average Bonchev–Trinajstić information content (AvgIpc) is 2.31. The molecule has 0 radical (unpaired) electrons. The molecule has 1 aromatic rings. The van der Waals surface area contributed by atoms with Gasteiger partial charge in [0.1, 0.15) is 5.60 Å². The van der Waals surface area contributed by atoms with Crippen molar-refractivity contribution in [1.82, 2.24) is 0 Å². The van der Waals surface area contributed by atoms with Gasteiger partial charge in [0.05, 0.1) is 23.9 Å². The van der Waals surface area contributed by atoms with E-state index in [9.17, 15) is 4.79 Å². The first-order valence-electron chi connectivity index (χ1n) is 6.03. The summed E-state index contributed by atoms with van der Waals surface area (Å²) >= 11 is 0. The van der Waals surface area contributed by atoms with Gasteiger partial charge in [-0.3, -0.25) is 5.32 Å². The van der Waals surface area contributed by atoms with E-state index < -0.39 is 11.7 Å². The lowest BCUT2D eigenvalue weighted by Gasteiger charge is -2.20. The van der Waals surface area contributed by atoms with Crippen molar-refractivity contribution in [1.29, 1.82) is 5.26 Å². The number of nitrogens with zero attached hydrogens (tertiary/aromatic N) is 1. The van der Waals surface area contributed by atoms with Gasteiger partial charge in [-0.2, -0.15) is 5.26 Å². The van der Waals surface area contributed by atoms with Gasteiger partial charge in [-0.05, 0) is 38.5 Å². The van der Waals surface area contributed by atoms with Crippen LogP contribution in [-0.4, -0.2) is 11.7 Å². The number of hydrogen-bond donors (Lipinski definition) is 2. The lowest BCUT2D eigenvalue weighted by atomic mass is 10.1. The Morgan fingerprint density at radius 2 is 2.15 bits per heavy atom. The Kier molecular flexibility index (Phi) is 4.61. The minimum absolute atomic E-state index is 0.179. The number of nitrogen functional groups attached to an aromatic ring is 1. The van der Waals surface area contributed by atoms with Gasteiger partial charge in [-0.1, -0.05) is 5.92 Å². The molecule has 0 atom stereocenters. The Bertz CT molecular complexity index is 601. The monoisotopic (exact) mass is 271 g/mol. The fourth-order valence-electron chi connectivity index (χ4n) is 1.54. The number of benzene rings is 1. The summed E-state index contributed by atoms with van der Waals surface area (Å²) in [6, 6.07) is 5.29. The summed E-state index contributed by atoms with van der Waals surface area (Å²) < 4.78 is 5.15. The molecule has 1 aromatic carbocycles. The minimum Gasteiger partial charge on any atom is -0.444 e. The predicted octanol–water partition coefficient (Wildman–Crippen LogP) is 2.66. The predicted molar refractivity (Wildman–Crippen MR) is 78.0 cm³/mol. The van der Waals surface area contributed by atoms with Crippen LogP contribution in [0, 0.1) is 23.7 Å². The maximum atomic E-state index is 11.7. The zero-order chi connectivity index (χ0) is 15.3. The van der Waals surface area contributed by atoms with E-state index in [1.54, 1.807) is 32.9 Å². The van der Waals surface area contributed by atoms with Crippen molar-refractivity contribution >= 4 is 17.5 Å². The number of hydrogen-bond acceptors (Lipinski definition) is 4. The molecule has 1 rings (SSSR count). The van der Waals surface area contributed by atoms with Gasteiger partial charge in [-0.15, -0.1) is 6.42 Å². The van der Waals surface area contributed by atoms with Crippen molar-refractivity contribution in [3.8, 4) is 18.4 Å². The van der Waals surface area contributed by atoms with Crippen LogP contribution >= 0.6 is 0 Å². The number of anilines is 2. The quantitative estimate of drug-likeness (QED) is 0.639. The maximum Gasteiger partial charge on any atom is 0.412 e. The molecule has 0 aliphatic heterocycles. The standard InChI is InChI=1S/C15H17N3O2/c1-5-11-8-10(6-7-16)9-12(13(11)17)18-14(19)20-15(2,3)4/h1,8-9H,6,17H2,2-4H3,(H,18,19). The van der Waals surface area contributed by atoms with Crippen molar-refractivity contribution in [2.75, 3.05) is 11.1 Å². The number of nitriles is 1. The largest absolute Gasteiger partial charge is 0.444 e. The molecule has 5 heteroatoms. The van der Waals surface area contributed by atoms with Crippen molar-refractivity contribution in [2.45, 2.75) is 32.8 Å². The highest BCUT2D eigenvalue weighted by Crippen LogP contribution is 2.25. The van der Waals surface area contributed by atoms with E-state index in [1.165, 1.54) is 0 Å². The number of amides is 1. The summed E-state index contributed by atoms with van der Waals surface area (Å²) in [6.07, 6.45) is 4.92. The van der Waals surface area contributed by atoms with Gasteiger partial charge in [0.15, 0.2) is 0 Å². The van der Waals surface area contributed by atoms with Crippen LogP contribution in [-0.2, 0) is 11.2 Å². The Labute approximate surface area is 118 Å². The van der Waals surface area contributed by atoms with Crippen molar-refractivity contribution in [3.63, 3.8) is 0 Å². The SMILES string of the molecule is C#Cc1cc(CC#N)cc(NC(=O)OC(C)(C)C)c1N. The number of ether oxygens (including phenoxy) is 1. The molecule has 0 bridgehead atoms. The highest BCUT2D eigenvalue weighted by Gasteiger charge is 2.17. The molecule has 0 aliphatic rings. The number of nitrogens with one attached hydrogen (secondary N) is 1. The summed E-state index contributed by atoms with van der Waals surface area (Å²) in [4.78, 5) is 11.7. The second-order valence-corrected chi connectivity index (χ2v) is 5.21. The van der Waals surface area contributed by atoms with Gasteiger partial charge < -0.3 is 10.5 Å². The van der Waals surface area contributed by atoms with Crippen molar-refractivity contribution < 1.29 is 9.53 Å². The summed E-state index contributed by atoms with van der Waals surface area (Å²) in [6.45, 7) is 5.28. The first-order valence-corrected chi connectivity index (χ1v) is 6.03. The molecule has 0 heterocycles. The molecule has 0 aliphatic carbocycles. The second-order valence-electron chi connectivity index (χ2n) is 5.21. The Hall–Kier alpha value is -2.66. The molecule has 5 nitrogen and oxygen atoms in total. The molecule has 0 saturated carbocycles. The molecular weight excluding hydrogens is 254 g/mol. The lowest BCUT2D eigenvalue weighted by molar-refractivity contribution is 0.0636. The van der Waals surface area contributed by atoms with Gasteiger partial charge in [0, 0.05) is 5.56 Å². The third kappa shape index (κ3) is 4.22. The summed E-state index contributed by atoms with van der Waals surface area (Å²) in [5.41, 5.74) is 7.00. The Morgan fingerprint density at radius 1 is 1.50 bits per heavy atom. The van der Waals surface area contributed by atoms with Crippen LogP contribution in [0.2, 0.25) is 0 Å². The smallest absolute Gasteiger partial charge is 0.412 e. The molecule has 20 heavy (non-hydrogen) atoms. The normalized spacial score (nSPS) is 10.2. The molecule has 0 saturated heterocycles. The van der Waals surface area contributed by atoms with E-state index >= 15 is 0 Å². The molecule has 1 amide bonds. The number of nitrogens with two attached hydrogens (primary N) is 1. The fraction of sp³-hybridized carbons (Fsp3) is 0.333. The molecule has 0 spiro atoms. The third-order valence-corrected chi connectivity index (χ3v) is 2.31. The summed E-state index contributed by atoms with van der Waals surface area (Å²) in [7, 11) is 0. The molecular formula is C15H17N3O2. The zero-order valence-electron chi connectivity index (χ0n) is 11.8. The lowest BCUT2D eigenvalue weighted by Crippen LogP contribution is -2.27. The highest BCUT2D eigenvalue weighted by atomic mass is 16.6. The van der Waals surface area contributed by atoms with E-state index in [4.69, 9.17) is 22.2 Å². The Balaban J connectivity index is 3.06. The van der Waals surface area contributed by atoms with E-state index in [-0.39, 0.29) is 12.1 Å². The summed E-state index contributed by atoms with van der Waals surface area (Å²) in [5.74, 6) is 2.43. The zero-order valence-corrected chi connectivity index (χ0v) is 11.8. The third-order valence-electron chi connectivity index (χ3n) is 2.31. The minimum atomic E-state index is -0.624.